The number of thiophene rings is 1. The molecule has 2 aromatic rings. The average molecular weight is 375 g/mol. The van der Waals surface area contributed by atoms with Crippen LogP contribution in [0.3, 0.4) is 0 Å². The summed E-state index contributed by atoms with van der Waals surface area (Å²) in [4.78, 5) is 26.9. The maximum absolute atomic E-state index is 13.6. The molecule has 1 aliphatic heterocycles. The molecule has 0 aliphatic carbocycles. The van der Waals surface area contributed by atoms with Crippen LogP contribution in [0.2, 0.25) is 0 Å². The first-order valence-electron chi connectivity index (χ1n) is 8.68. The Labute approximate surface area is 156 Å². The lowest BCUT2D eigenvalue weighted by Crippen LogP contribution is -2.47. The number of carbonyl (C=O) groups excluding carboxylic acids is 2. The number of piperidine rings is 1. The predicted octanol–water partition coefficient (Wildman–Crippen LogP) is 2.40. The fourth-order valence-electron chi connectivity index (χ4n) is 2.99. The van der Waals surface area contributed by atoms with Gasteiger partial charge in [-0.3, -0.25) is 14.5 Å². The fraction of sp³-hybridized carbons (Fsp3) is 0.368. The van der Waals surface area contributed by atoms with Gasteiger partial charge in [0, 0.05) is 31.2 Å². The number of amides is 2. The Hall–Kier alpha value is -2.25. The van der Waals surface area contributed by atoms with E-state index < -0.39 is 0 Å². The summed E-state index contributed by atoms with van der Waals surface area (Å²) in [5.41, 5.74) is 0.482. The third-order valence-corrected chi connectivity index (χ3v) is 5.34. The minimum absolute atomic E-state index is 0.0268. The van der Waals surface area contributed by atoms with E-state index in [1.807, 2.05) is 17.5 Å². The Kier molecular flexibility index (Phi) is 6.35. The van der Waals surface area contributed by atoms with Gasteiger partial charge in [0.1, 0.15) is 5.82 Å². The number of rotatable bonds is 6. The van der Waals surface area contributed by atoms with Crippen molar-refractivity contribution in [2.75, 3.05) is 19.6 Å². The van der Waals surface area contributed by atoms with Crippen LogP contribution in [-0.4, -0.2) is 42.4 Å². The predicted molar refractivity (Wildman–Crippen MR) is 99.5 cm³/mol. The minimum atomic E-state index is -0.310. The van der Waals surface area contributed by atoms with E-state index in [1.54, 1.807) is 18.2 Å². The van der Waals surface area contributed by atoms with Crippen molar-refractivity contribution in [3.63, 3.8) is 0 Å². The third kappa shape index (κ3) is 5.12. The molecule has 0 radical (unpaired) electrons. The summed E-state index contributed by atoms with van der Waals surface area (Å²) in [6, 6.07) is 10.2. The Morgan fingerprint density at radius 1 is 1.15 bits per heavy atom. The second-order valence-corrected chi connectivity index (χ2v) is 7.32. The zero-order chi connectivity index (χ0) is 18.4. The molecule has 1 aromatic heterocycles. The van der Waals surface area contributed by atoms with Gasteiger partial charge in [0.25, 0.3) is 5.91 Å². The van der Waals surface area contributed by atoms with Crippen LogP contribution >= 0.6 is 11.3 Å². The molecule has 1 aliphatic rings. The topological polar surface area (TPSA) is 61.4 Å². The Morgan fingerprint density at radius 3 is 2.62 bits per heavy atom. The van der Waals surface area contributed by atoms with E-state index in [-0.39, 0.29) is 30.2 Å². The van der Waals surface area contributed by atoms with Crippen molar-refractivity contribution in [2.45, 2.75) is 25.4 Å². The third-order valence-electron chi connectivity index (χ3n) is 4.47. The summed E-state index contributed by atoms with van der Waals surface area (Å²) < 4.78 is 13.6. The molecule has 2 N–H and O–H groups in total. The van der Waals surface area contributed by atoms with E-state index in [4.69, 9.17) is 0 Å². The van der Waals surface area contributed by atoms with Crippen molar-refractivity contribution in [1.29, 1.82) is 0 Å². The maximum atomic E-state index is 13.6. The molecule has 1 aromatic carbocycles. The number of benzene rings is 1. The summed E-state index contributed by atoms with van der Waals surface area (Å²) in [5.74, 6) is -0.453. The zero-order valence-electron chi connectivity index (χ0n) is 14.4. The molecule has 1 fully saturated rings. The highest BCUT2D eigenvalue weighted by atomic mass is 32.1. The molecule has 0 saturated carbocycles. The molecule has 5 nitrogen and oxygen atoms in total. The number of nitrogens with one attached hydrogen (secondary N) is 2. The smallest absolute Gasteiger partial charge is 0.261 e. The molecule has 26 heavy (non-hydrogen) atoms. The summed E-state index contributed by atoms with van der Waals surface area (Å²) in [7, 11) is 0. The first kappa shape index (κ1) is 18.5. The molecule has 2 amide bonds. The monoisotopic (exact) mass is 375 g/mol. The van der Waals surface area contributed by atoms with Crippen molar-refractivity contribution in [1.82, 2.24) is 15.5 Å². The molecule has 3 rings (SSSR count). The highest BCUT2D eigenvalue weighted by molar-refractivity contribution is 7.12. The number of likely N-dealkylation sites (tertiary alicyclic amines) is 1. The van der Waals surface area contributed by atoms with E-state index in [0.717, 1.165) is 30.8 Å². The second-order valence-electron chi connectivity index (χ2n) is 6.37. The van der Waals surface area contributed by atoms with Gasteiger partial charge in [-0.05, 0) is 30.4 Å². The summed E-state index contributed by atoms with van der Waals surface area (Å²) >= 11 is 1.43. The standard InChI is InChI=1S/C19H22FN3O2S/c20-16-5-2-1-4-14(16)12-21-18(24)13-23-9-7-15(8-10-23)22-19(25)17-6-3-11-26-17/h1-6,11,15H,7-10,12-13H2,(H,21,24)(H,22,25). The quantitative estimate of drug-likeness (QED) is 0.815. The number of hydrogen-bond acceptors (Lipinski definition) is 4. The van der Waals surface area contributed by atoms with E-state index in [9.17, 15) is 14.0 Å². The van der Waals surface area contributed by atoms with Crippen molar-refractivity contribution in [2.24, 2.45) is 0 Å². The molecule has 0 spiro atoms. The molecule has 1 saturated heterocycles. The van der Waals surface area contributed by atoms with Crippen LogP contribution in [0.1, 0.15) is 28.1 Å². The van der Waals surface area contributed by atoms with Crippen LogP contribution < -0.4 is 10.6 Å². The molecule has 0 bridgehead atoms. The van der Waals surface area contributed by atoms with Crippen molar-refractivity contribution in [3.8, 4) is 0 Å². The molecular formula is C19H22FN3O2S. The summed E-state index contributed by atoms with van der Waals surface area (Å²) in [6.45, 7) is 1.99. The SMILES string of the molecule is O=C(CN1CCC(NC(=O)c2cccs2)CC1)NCc1ccccc1F. The van der Waals surface area contributed by atoms with Gasteiger partial charge in [-0.1, -0.05) is 24.3 Å². The van der Waals surface area contributed by atoms with Crippen LogP contribution in [0.25, 0.3) is 0 Å². The number of carbonyl (C=O) groups is 2. The lowest BCUT2D eigenvalue weighted by molar-refractivity contribution is -0.122. The summed E-state index contributed by atoms with van der Waals surface area (Å²) in [5, 5.41) is 7.70. The number of hydrogen-bond donors (Lipinski definition) is 2. The van der Waals surface area contributed by atoms with E-state index >= 15 is 0 Å². The molecule has 7 heteroatoms. The lowest BCUT2D eigenvalue weighted by Gasteiger charge is -2.31. The van der Waals surface area contributed by atoms with Crippen molar-refractivity contribution < 1.29 is 14.0 Å². The Morgan fingerprint density at radius 2 is 1.92 bits per heavy atom. The lowest BCUT2D eigenvalue weighted by atomic mass is 10.0. The van der Waals surface area contributed by atoms with E-state index in [2.05, 4.69) is 15.5 Å². The number of halogens is 1. The van der Waals surface area contributed by atoms with Crippen LogP contribution in [0.4, 0.5) is 4.39 Å². The highest BCUT2D eigenvalue weighted by Gasteiger charge is 2.22. The van der Waals surface area contributed by atoms with E-state index in [0.29, 0.717) is 12.1 Å². The normalized spacial score (nSPS) is 15.6. The van der Waals surface area contributed by atoms with Crippen LogP contribution in [-0.2, 0) is 11.3 Å². The highest BCUT2D eigenvalue weighted by Crippen LogP contribution is 2.13. The van der Waals surface area contributed by atoms with Crippen molar-refractivity contribution in [3.05, 3.63) is 58.0 Å². The maximum Gasteiger partial charge on any atom is 0.261 e. The van der Waals surface area contributed by atoms with E-state index in [1.165, 1.54) is 17.4 Å². The first-order valence-corrected chi connectivity index (χ1v) is 9.56. The van der Waals surface area contributed by atoms with Crippen LogP contribution in [0, 0.1) is 5.82 Å². The average Bonchev–Trinajstić information content (AvgIpc) is 3.17. The Bertz CT molecular complexity index is 743. The van der Waals surface area contributed by atoms with Gasteiger partial charge < -0.3 is 10.6 Å². The molecule has 2 heterocycles. The van der Waals surface area contributed by atoms with Gasteiger partial charge in [0.15, 0.2) is 0 Å². The Balaban J connectivity index is 1.37. The molecular weight excluding hydrogens is 353 g/mol. The summed E-state index contributed by atoms with van der Waals surface area (Å²) in [6.07, 6.45) is 1.63. The minimum Gasteiger partial charge on any atom is -0.351 e. The van der Waals surface area contributed by atoms with Gasteiger partial charge in [-0.2, -0.15) is 0 Å². The van der Waals surface area contributed by atoms with Gasteiger partial charge >= 0.3 is 0 Å². The fourth-order valence-corrected chi connectivity index (χ4v) is 3.62. The van der Waals surface area contributed by atoms with Crippen LogP contribution in [0.15, 0.2) is 41.8 Å². The van der Waals surface area contributed by atoms with Crippen LogP contribution in [0.5, 0.6) is 0 Å². The van der Waals surface area contributed by atoms with Gasteiger partial charge in [0.05, 0.1) is 11.4 Å². The number of nitrogens with zero attached hydrogens (tertiary/aromatic N) is 1. The largest absolute Gasteiger partial charge is 0.351 e. The first-order chi connectivity index (χ1) is 12.6. The van der Waals surface area contributed by atoms with Gasteiger partial charge in [0.2, 0.25) is 5.91 Å². The van der Waals surface area contributed by atoms with Crippen molar-refractivity contribution >= 4 is 23.2 Å². The molecule has 0 unspecified atom stereocenters. The van der Waals surface area contributed by atoms with Gasteiger partial charge in [-0.15, -0.1) is 11.3 Å². The second kappa shape index (κ2) is 8.91. The molecule has 0 atom stereocenters. The molecule has 138 valence electrons. The van der Waals surface area contributed by atoms with Gasteiger partial charge in [-0.25, -0.2) is 4.39 Å². The zero-order valence-corrected chi connectivity index (χ0v) is 15.2.